The molecule has 5 nitrogen and oxygen atoms in total. The molecule has 2 heterocycles. The monoisotopic (exact) mass is 410 g/mol. The molecular formula is C22H35ClN2O3. The van der Waals surface area contributed by atoms with E-state index in [4.69, 9.17) is 21.1 Å². The second-order valence-electron chi connectivity index (χ2n) is 8.14. The van der Waals surface area contributed by atoms with Crippen molar-refractivity contribution in [2.75, 3.05) is 46.4 Å². The maximum Gasteiger partial charge on any atom is 0.124 e. The van der Waals surface area contributed by atoms with Crippen LogP contribution < -0.4 is 4.74 Å². The summed E-state index contributed by atoms with van der Waals surface area (Å²) in [5, 5.41) is 11.2. The summed E-state index contributed by atoms with van der Waals surface area (Å²) in [6, 6.07) is 5.78. The Kier molecular flexibility index (Phi) is 8.87. The lowest BCUT2D eigenvalue weighted by molar-refractivity contribution is 0.0382. The number of aliphatic hydroxyl groups is 1. The average Bonchev–Trinajstić information content (AvgIpc) is 2.96. The fraction of sp³-hybridized carbons (Fsp3) is 0.727. The van der Waals surface area contributed by atoms with Gasteiger partial charge in [0.05, 0.1) is 6.10 Å². The van der Waals surface area contributed by atoms with Crippen molar-refractivity contribution in [1.29, 1.82) is 0 Å². The van der Waals surface area contributed by atoms with E-state index < -0.39 is 6.10 Å². The fourth-order valence-electron chi connectivity index (χ4n) is 4.21. The summed E-state index contributed by atoms with van der Waals surface area (Å²) in [6.07, 6.45) is 7.09. The highest BCUT2D eigenvalue weighted by Gasteiger charge is 2.20. The van der Waals surface area contributed by atoms with E-state index in [1.54, 1.807) is 7.11 Å². The topological polar surface area (TPSA) is 45.2 Å². The third kappa shape index (κ3) is 6.89. The number of halogens is 1. The predicted molar refractivity (Wildman–Crippen MR) is 113 cm³/mol. The van der Waals surface area contributed by atoms with Gasteiger partial charge in [0.25, 0.3) is 0 Å². The number of nitrogens with zero attached hydrogens (tertiary/aromatic N) is 2. The van der Waals surface area contributed by atoms with Crippen LogP contribution in [0.4, 0.5) is 0 Å². The van der Waals surface area contributed by atoms with Gasteiger partial charge in [0.2, 0.25) is 0 Å². The first-order chi connectivity index (χ1) is 13.6. The molecule has 3 rings (SSSR count). The van der Waals surface area contributed by atoms with Gasteiger partial charge in [-0.15, -0.1) is 0 Å². The molecule has 2 aliphatic heterocycles. The number of piperidine rings is 1. The lowest BCUT2D eigenvalue weighted by Crippen LogP contribution is -2.37. The number of likely N-dealkylation sites (tertiary alicyclic amines) is 2. The molecule has 28 heavy (non-hydrogen) atoms. The Bertz CT molecular complexity index is 585. The normalized spacial score (nSPS) is 21.4. The van der Waals surface area contributed by atoms with Crippen molar-refractivity contribution in [3.63, 3.8) is 0 Å². The molecule has 2 saturated heterocycles. The molecule has 1 atom stereocenters. The zero-order valence-electron chi connectivity index (χ0n) is 17.1. The van der Waals surface area contributed by atoms with E-state index in [1.807, 2.05) is 18.2 Å². The number of methoxy groups -OCH3 is 1. The SMILES string of the molecule is COC1CCN(Cc2cc(Cl)ccc2OC[C@H](O)CN2CCCCCC2)CC1. The molecule has 1 N–H and O–H groups in total. The third-order valence-electron chi connectivity index (χ3n) is 5.88. The smallest absolute Gasteiger partial charge is 0.124 e. The Hall–Kier alpha value is -0.850. The number of aliphatic hydroxyl groups excluding tert-OH is 1. The zero-order chi connectivity index (χ0) is 19.8. The van der Waals surface area contributed by atoms with Crippen molar-refractivity contribution in [3.05, 3.63) is 28.8 Å². The number of ether oxygens (including phenoxy) is 2. The first kappa shape index (κ1) is 21.8. The van der Waals surface area contributed by atoms with Crippen molar-refractivity contribution in [1.82, 2.24) is 9.80 Å². The molecule has 6 heteroatoms. The summed E-state index contributed by atoms with van der Waals surface area (Å²) in [4.78, 5) is 4.78. The minimum Gasteiger partial charge on any atom is -0.491 e. The van der Waals surface area contributed by atoms with Gasteiger partial charge < -0.3 is 19.5 Å². The highest BCUT2D eigenvalue weighted by atomic mass is 35.5. The van der Waals surface area contributed by atoms with Crippen molar-refractivity contribution >= 4 is 11.6 Å². The average molecular weight is 411 g/mol. The van der Waals surface area contributed by atoms with Gasteiger partial charge in [0.15, 0.2) is 0 Å². The van der Waals surface area contributed by atoms with Crippen LogP contribution in [0.1, 0.15) is 44.1 Å². The highest BCUT2D eigenvalue weighted by Crippen LogP contribution is 2.26. The summed E-state index contributed by atoms with van der Waals surface area (Å²) in [7, 11) is 1.79. The Balaban J connectivity index is 1.51. The lowest BCUT2D eigenvalue weighted by Gasteiger charge is -2.31. The fourth-order valence-corrected chi connectivity index (χ4v) is 4.41. The summed E-state index contributed by atoms with van der Waals surface area (Å²) in [6.45, 7) is 6.02. The number of hydrogen-bond acceptors (Lipinski definition) is 5. The van der Waals surface area contributed by atoms with E-state index in [2.05, 4.69) is 9.80 Å². The Morgan fingerprint density at radius 2 is 1.79 bits per heavy atom. The molecule has 2 aliphatic rings. The molecule has 1 aromatic rings. The molecule has 1 aromatic carbocycles. The quantitative estimate of drug-likeness (QED) is 0.709. The van der Waals surface area contributed by atoms with E-state index in [1.165, 1.54) is 25.7 Å². The van der Waals surface area contributed by atoms with Crippen LogP contribution in [0.25, 0.3) is 0 Å². The minimum absolute atomic E-state index is 0.316. The van der Waals surface area contributed by atoms with Gasteiger partial charge in [0.1, 0.15) is 18.5 Å². The van der Waals surface area contributed by atoms with E-state index in [9.17, 15) is 5.11 Å². The van der Waals surface area contributed by atoms with Gasteiger partial charge in [-0.3, -0.25) is 4.90 Å². The Labute approximate surface area is 174 Å². The number of hydrogen-bond donors (Lipinski definition) is 1. The summed E-state index contributed by atoms with van der Waals surface area (Å²) >= 11 is 6.24. The van der Waals surface area contributed by atoms with Crippen LogP contribution in [0.3, 0.4) is 0 Å². The van der Waals surface area contributed by atoms with Crippen LogP contribution in [0, 0.1) is 0 Å². The van der Waals surface area contributed by atoms with Crippen molar-refractivity contribution in [2.45, 2.75) is 57.3 Å². The van der Waals surface area contributed by atoms with Crippen LogP contribution in [-0.2, 0) is 11.3 Å². The molecular weight excluding hydrogens is 376 g/mol. The van der Waals surface area contributed by atoms with E-state index in [-0.39, 0.29) is 0 Å². The molecule has 0 unspecified atom stereocenters. The Morgan fingerprint density at radius 3 is 2.46 bits per heavy atom. The first-order valence-corrected chi connectivity index (χ1v) is 11.1. The van der Waals surface area contributed by atoms with Crippen molar-refractivity contribution in [3.8, 4) is 5.75 Å². The largest absolute Gasteiger partial charge is 0.491 e. The lowest BCUT2D eigenvalue weighted by atomic mass is 10.1. The maximum absolute atomic E-state index is 10.5. The van der Waals surface area contributed by atoms with Crippen LogP contribution in [0.2, 0.25) is 5.02 Å². The van der Waals surface area contributed by atoms with Gasteiger partial charge in [0, 0.05) is 43.9 Å². The summed E-state index contributed by atoms with van der Waals surface area (Å²) in [5.41, 5.74) is 1.09. The van der Waals surface area contributed by atoms with E-state index in [0.717, 1.165) is 61.9 Å². The second kappa shape index (κ2) is 11.4. The second-order valence-corrected chi connectivity index (χ2v) is 8.58. The molecule has 0 amide bonds. The van der Waals surface area contributed by atoms with Gasteiger partial charge in [-0.25, -0.2) is 0 Å². The van der Waals surface area contributed by atoms with Crippen LogP contribution >= 0.6 is 11.6 Å². The van der Waals surface area contributed by atoms with Crippen molar-refractivity contribution in [2.24, 2.45) is 0 Å². The predicted octanol–water partition coefficient (Wildman–Crippen LogP) is 3.57. The van der Waals surface area contributed by atoms with Gasteiger partial charge >= 0.3 is 0 Å². The van der Waals surface area contributed by atoms with Gasteiger partial charge in [-0.05, 0) is 57.0 Å². The molecule has 0 radical (unpaired) electrons. The summed E-state index contributed by atoms with van der Waals surface area (Å²) < 4.78 is 11.5. The van der Waals surface area contributed by atoms with Crippen LogP contribution in [0.15, 0.2) is 18.2 Å². The van der Waals surface area contributed by atoms with E-state index >= 15 is 0 Å². The maximum atomic E-state index is 10.5. The number of β-amino-alcohol motifs (C(OH)–C–C–N with tert-alkyl or cyclic N) is 1. The molecule has 0 bridgehead atoms. The molecule has 0 spiro atoms. The van der Waals surface area contributed by atoms with Crippen molar-refractivity contribution < 1.29 is 14.6 Å². The molecule has 0 aliphatic carbocycles. The standard InChI is InChI=1S/C22H35ClN2O3/c1-27-21-8-12-25(13-9-21)15-18-14-19(23)6-7-22(18)28-17-20(26)16-24-10-4-2-3-5-11-24/h6-7,14,20-21,26H,2-5,8-13,15-17H2,1H3/t20-/m1/s1. The van der Waals surface area contributed by atoms with Gasteiger partial charge in [-0.1, -0.05) is 24.4 Å². The first-order valence-electron chi connectivity index (χ1n) is 10.7. The number of benzene rings is 1. The Morgan fingerprint density at radius 1 is 1.07 bits per heavy atom. The van der Waals surface area contributed by atoms with E-state index in [0.29, 0.717) is 19.3 Å². The molecule has 0 saturated carbocycles. The highest BCUT2D eigenvalue weighted by molar-refractivity contribution is 6.30. The van der Waals surface area contributed by atoms with Crippen LogP contribution in [0.5, 0.6) is 5.75 Å². The summed E-state index contributed by atoms with van der Waals surface area (Å²) in [5.74, 6) is 0.827. The third-order valence-corrected chi connectivity index (χ3v) is 6.12. The molecule has 0 aromatic heterocycles. The molecule has 2 fully saturated rings. The van der Waals surface area contributed by atoms with Crippen LogP contribution in [-0.4, -0.2) is 73.6 Å². The molecule has 158 valence electrons. The zero-order valence-corrected chi connectivity index (χ0v) is 17.9. The number of rotatable bonds is 8. The van der Waals surface area contributed by atoms with Gasteiger partial charge in [-0.2, -0.15) is 0 Å². The minimum atomic E-state index is -0.473.